The van der Waals surface area contributed by atoms with Crippen molar-refractivity contribution in [1.29, 1.82) is 0 Å². The van der Waals surface area contributed by atoms with Crippen LogP contribution in [0.4, 0.5) is 4.79 Å². The Bertz CT molecular complexity index is 318. The SMILES string of the molecule is CCCN(CCN(C)C)C(=O)NC(=O)CCC(=O)O. The van der Waals surface area contributed by atoms with Crippen LogP contribution >= 0.6 is 0 Å². The summed E-state index contributed by atoms with van der Waals surface area (Å²) in [5, 5.41) is 10.7. The van der Waals surface area contributed by atoms with E-state index in [1.165, 1.54) is 0 Å². The summed E-state index contributed by atoms with van der Waals surface area (Å²) < 4.78 is 0. The van der Waals surface area contributed by atoms with E-state index in [0.29, 0.717) is 19.6 Å². The maximum atomic E-state index is 11.8. The zero-order valence-corrected chi connectivity index (χ0v) is 11.8. The lowest BCUT2D eigenvalue weighted by Crippen LogP contribution is -2.45. The molecule has 0 heterocycles. The molecule has 0 saturated carbocycles. The van der Waals surface area contributed by atoms with Crippen molar-refractivity contribution in [3.05, 3.63) is 0 Å². The number of nitrogens with one attached hydrogen (secondary N) is 1. The molecule has 0 bridgehead atoms. The molecule has 0 aromatic rings. The molecule has 0 aromatic heterocycles. The number of imide groups is 1. The fraction of sp³-hybridized carbons (Fsp3) is 0.750. The standard InChI is InChI=1S/C12H23N3O4/c1-4-7-15(9-8-14(2)3)12(19)13-10(16)5-6-11(17)18/h4-9H2,1-3H3,(H,17,18)(H,13,16,19). The van der Waals surface area contributed by atoms with Crippen LogP contribution in [-0.2, 0) is 9.59 Å². The highest BCUT2D eigenvalue weighted by Gasteiger charge is 2.16. The molecule has 19 heavy (non-hydrogen) atoms. The monoisotopic (exact) mass is 273 g/mol. The summed E-state index contributed by atoms with van der Waals surface area (Å²) in [6.07, 6.45) is 0.337. The molecule has 0 radical (unpaired) electrons. The number of carbonyl (C=O) groups is 3. The van der Waals surface area contributed by atoms with E-state index in [1.54, 1.807) is 4.90 Å². The van der Waals surface area contributed by atoms with Gasteiger partial charge in [-0.3, -0.25) is 14.9 Å². The number of rotatable bonds is 8. The van der Waals surface area contributed by atoms with Crippen molar-refractivity contribution in [3.8, 4) is 0 Å². The molecule has 0 fully saturated rings. The van der Waals surface area contributed by atoms with Crippen LogP contribution in [0.1, 0.15) is 26.2 Å². The van der Waals surface area contributed by atoms with Gasteiger partial charge >= 0.3 is 12.0 Å². The van der Waals surface area contributed by atoms with Gasteiger partial charge in [0.05, 0.1) is 6.42 Å². The van der Waals surface area contributed by atoms with Crippen molar-refractivity contribution >= 4 is 17.9 Å². The van der Waals surface area contributed by atoms with E-state index < -0.39 is 17.9 Å². The third-order valence-electron chi connectivity index (χ3n) is 2.41. The van der Waals surface area contributed by atoms with E-state index in [4.69, 9.17) is 5.11 Å². The molecule has 0 unspecified atom stereocenters. The Labute approximate surface area is 113 Å². The fourth-order valence-electron chi connectivity index (χ4n) is 1.39. The molecule has 0 saturated heterocycles. The van der Waals surface area contributed by atoms with Crippen LogP contribution in [0.15, 0.2) is 0 Å². The predicted molar refractivity (Wildman–Crippen MR) is 70.8 cm³/mol. The lowest BCUT2D eigenvalue weighted by molar-refractivity contribution is -0.138. The summed E-state index contributed by atoms with van der Waals surface area (Å²) in [6, 6.07) is -0.459. The molecule has 0 aliphatic rings. The Morgan fingerprint density at radius 1 is 1.05 bits per heavy atom. The number of aliphatic carboxylic acids is 1. The van der Waals surface area contributed by atoms with Crippen LogP contribution in [0.25, 0.3) is 0 Å². The average Bonchev–Trinajstić information content (AvgIpc) is 2.31. The Morgan fingerprint density at radius 3 is 2.16 bits per heavy atom. The Kier molecular flexibility index (Phi) is 8.52. The van der Waals surface area contributed by atoms with Crippen molar-refractivity contribution in [2.75, 3.05) is 33.7 Å². The van der Waals surface area contributed by atoms with Gasteiger partial charge in [-0.2, -0.15) is 0 Å². The van der Waals surface area contributed by atoms with Gasteiger partial charge in [-0.1, -0.05) is 6.92 Å². The molecule has 0 rings (SSSR count). The zero-order chi connectivity index (χ0) is 14.8. The Morgan fingerprint density at radius 2 is 1.68 bits per heavy atom. The van der Waals surface area contributed by atoms with Gasteiger partial charge in [-0.15, -0.1) is 0 Å². The highest BCUT2D eigenvalue weighted by Crippen LogP contribution is 1.95. The summed E-state index contributed by atoms with van der Waals surface area (Å²) in [5.41, 5.74) is 0. The zero-order valence-electron chi connectivity index (χ0n) is 11.8. The topological polar surface area (TPSA) is 90.0 Å². The minimum Gasteiger partial charge on any atom is -0.481 e. The number of carboxylic acid groups (broad SMARTS) is 1. The molecule has 110 valence electrons. The highest BCUT2D eigenvalue weighted by molar-refractivity contribution is 5.95. The first-order chi connectivity index (χ1) is 8.86. The second kappa shape index (κ2) is 9.32. The number of urea groups is 1. The van der Waals surface area contributed by atoms with E-state index >= 15 is 0 Å². The van der Waals surface area contributed by atoms with Crippen molar-refractivity contribution in [1.82, 2.24) is 15.1 Å². The van der Waals surface area contributed by atoms with Crippen molar-refractivity contribution < 1.29 is 19.5 Å². The summed E-state index contributed by atoms with van der Waals surface area (Å²) >= 11 is 0. The van der Waals surface area contributed by atoms with Gasteiger partial charge in [0, 0.05) is 26.1 Å². The molecule has 7 nitrogen and oxygen atoms in total. The first kappa shape index (κ1) is 17.4. The van der Waals surface area contributed by atoms with E-state index in [0.717, 1.165) is 6.42 Å². The van der Waals surface area contributed by atoms with Gasteiger partial charge in [-0.05, 0) is 20.5 Å². The molecule has 0 aliphatic carbocycles. The third-order valence-corrected chi connectivity index (χ3v) is 2.41. The maximum Gasteiger partial charge on any atom is 0.324 e. The molecule has 3 amide bonds. The number of carbonyl (C=O) groups excluding carboxylic acids is 2. The normalized spacial score (nSPS) is 10.3. The van der Waals surface area contributed by atoms with Crippen LogP contribution in [0, 0.1) is 0 Å². The highest BCUT2D eigenvalue weighted by atomic mass is 16.4. The van der Waals surface area contributed by atoms with Crippen LogP contribution in [0.5, 0.6) is 0 Å². The first-order valence-corrected chi connectivity index (χ1v) is 6.32. The molecule has 0 spiro atoms. The van der Waals surface area contributed by atoms with Gasteiger partial charge < -0.3 is 14.9 Å². The van der Waals surface area contributed by atoms with Gasteiger partial charge in [0.1, 0.15) is 0 Å². The Hall–Kier alpha value is -1.63. The largest absolute Gasteiger partial charge is 0.481 e. The van der Waals surface area contributed by atoms with E-state index in [2.05, 4.69) is 5.32 Å². The summed E-state index contributed by atoms with van der Waals surface area (Å²) in [6.45, 7) is 3.74. The molecule has 0 atom stereocenters. The number of carboxylic acids is 1. The van der Waals surface area contributed by atoms with Gasteiger partial charge in [-0.25, -0.2) is 4.79 Å². The van der Waals surface area contributed by atoms with Crippen LogP contribution in [-0.4, -0.2) is 66.5 Å². The lowest BCUT2D eigenvalue weighted by atomic mass is 10.3. The number of hydrogen-bond acceptors (Lipinski definition) is 4. The molecule has 0 aliphatic heterocycles. The molecule has 0 aromatic carbocycles. The molecule has 2 N–H and O–H groups in total. The average molecular weight is 273 g/mol. The van der Waals surface area contributed by atoms with E-state index in [1.807, 2.05) is 25.9 Å². The van der Waals surface area contributed by atoms with Gasteiger partial charge in [0.15, 0.2) is 0 Å². The first-order valence-electron chi connectivity index (χ1n) is 6.32. The fourth-order valence-corrected chi connectivity index (χ4v) is 1.39. The minimum atomic E-state index is -1.05. The van der Waals surface area contributed by atoms with Crippen molar-refractivity contribution in [3.63, 3.8) is 0 Å². The summed E-state index contributed by atoms with van der Waals surface area (Å²) in [5.74, 6) is -1.61. The Balaban J connectivity index is 4.22. The maximum absolute atomic E-state index is 11.8. The quantitative estimate of drug-likeness (QED) is 0.666. The van der Waals surface area contributed by atoms with Crippen LogP contribution < -0.4 is 5.32 Å². The number of hydrogen-bond donors (Lipinski definition) is 2. The lowest BCUT2D eigenvalue weighted by Gasteiger charge is -2.23. The third kappa shape index (κ3) is 9.01. The second-order valence-corrected chi connectivity index (χ2v) is 4.54. The number of amides is 3. The van der Waals surface area contributed by atoms with E-state index in [-0.39, 0.29) is 12.8 Å². The van der Waals surface area contributed by atoms with Crippen LogP contribution in [0.3, 0.4) is 0 Å². The smallest absolute Gasteiger partial charge is 0.324 e. The number of likely N-dealkylation sites (N-methyl/N-ethyl adjacent to an activating group) is 1. The van der Waals surface area contributed by atoms with Crippen molar-refractivity contribution in [2.24, 2.45) is 0 Å². The summed E-state index contributed by atoms with van der Waals surface area (Å²) in [4.78, 5) is 37.0. The molecular formula is C12H23N3O4. The van der Waals surface area contributed by atoms with Crippen LogP contribution in [0.2, 0.25) is 0 Å². The number of nitrogens with zero attached hydrogens (tertiary/aromatic N) is 2. The predicted octanol–water partition coefficient (Wildman–Crippen LogP) is 0.361. The second-order valence-electron chi connectivity index (χ2n) is 4.54. The van der Waals surface area contributed by atoms with Gasteiger partial charge in [0.2, 0.25) is 5.91 Å². The molecule has 7 heteroatoms. The van der Waals surface area contributed by atoms with E-state index in [9.17, 15) is 14.4 Å². The van der Waals surface area contributed by atoms with Gasteiger partial charge in [0.25, 0.3) is 0 Å². The molecular weight excluding hydrogens is 250 g/mol. The van der Waals surface area contributed by atoms with Crippen molar-refractivity contribution in [2.45, 2.75) is 26.2 Å². The minimum absolute atomic E-state index is 0.186. The summed E-state index contributed by atoms with van der Waals surface area (Å²) in [7, 11) is 3.81.